The van der Waals surface area contributed by atoms with Crippen molar-refractivity contribution in [1.82, 2.24) is 4.98 Å². The van der Waals surface area contributed by atoms with Crippen LogP contribution in [-0.2, 0) is 28.9 Å². The smallest absolute Gasteiger partial charge is 0.315 e. The molecule has 0 spiro atoms. The van der Waals surface area contributed by atoms with E-state index in [4.69, 9.17) is 9.57 Å². The predicted molar refractivity (Wildman–Crippen MR) is 109 cm³/mol. The largest absolute Gasteiger partial charge is 0.493 e. The minimum atomic E-state index is -1.13. The molecule has 1 N–H and O–H groups in total. The lowest BCUT2D eigenvalue weighted by atomic mass is 9.80. The summed E-state index contributed by atoms with van der Waals surface area (Å²) in [6, 6.07) is 11.6. The number of pyridine rings is 1. The van der Waals surface area contributed by atoms with Gasteiger partial charge in [-0.2, -0.15) is 0 Å². The van der Waals surface area contributed by atoms with Crippen molar-refractivity contribution in [2.24, 2.45) is 10.6 Å². The van der Waals surface area contributed by atoms with E-state index in [2.05, 4.69) is 23.1 Å². The molecule has 1 aromatic heterocycles. The second kappa shape index (κ2) is 9.88. The van der Waals surface area contributed by atoms with E-state index in [9.17, 15) is 9.90 Å². The first-order chi connectivity index (χ1) is 13.4. The number of ether oxygens (including phenoxy) is 1. The maximum atomic E-state index is 11.8. The van der Waals surface area contributed by atoms with Crippen LogP contribution in [0.4, 0.5) is 0 Å². The van der Waals surface area contributed by atoms with Crippen molar-refractivity contribution in [2.45, 2.75) is 40.0 Å². The summed E-state index contributed by atoms with van der Waals surface area (Å²) in [5.74, 6) is -0.194. The minimum Gasteiger partial charge on any atom is -0.493 e. The molecule has 0 aliphatic rings. The van der Waals surface area contributed by atoms with Gasteiger partial charge in [-0.1, -0.05) is 30.3 Å². The first-order valence-corrected chi connectivity index (χ1v) is 9.36. The Morgan fingerprint density at radius 1 is 1.18 bits per heavy atom. The van der Waals surface area contributed by atoms with Gasteiger partial charge in [0.15, 0.2) is 0 Å². The molecule has 0 saturated carbocycles. The number of carboxylic acid groups (broad SMARTS) is 1. The fraction of sp³-hybridized carbons (Fsp3) is 0.409. The summed E-state index contributed by atoms with van der Waals surface area (Å²) in [6.07, 6.45) is 3.93. The third kappa shape index (κ3) is 5.55. The molecule has 6 heteroatoms. The molecule has 0 saturated heterocycles. The quantitative estimate of drug-likeness (QED) is 0.496. The average molecular weight is 384 g/mol. The van der Waals surface area contributed by atoms with Crippen molar-refractivity contribution in [3.63, 3.8) is 0 Å². The molecule has 0 aliphatic heterocycles. The number of hydrogen-bond donors (Lipinski definition) is 1. The Kier molecular flexibility index (Phi) is 7.55. The molecule has 0 amide bonds. The Morgan fingerprint density at radius 3 is 2.39 bits per heavy atom. The molecule has 2 rings (SSSR count). The fourth-order valence-corrected chi connectivity index (χ4v) is 2.79. The number of aliphatic carboxylic acids is 1. The van der Waals surface area contributed by atoms with Crippen LogP contribution in [0.5, 0.6) is 5.75 Å². The summed E-state index contributed by atoms with van der Waals surface area (Å²) in [5, 5.41) is 13.5. The van der Waals surface area contributed by atoms with Crippen LogP contribution in [0.15, 0.2) is 47.8 Å². The van der Waals surface area contributed by atoms with Crippen LogP contribution in [0.25, 0.3) is 0 Å². The lowest BCUT2D eigenvalue weighted by molar-refractivity contribution is -0.144. The zero-order valence-electron chi connectivity index (χ0n) is 16.9. The number of carbonyl (C=O) groups is 1. The molecule has 0 fully saturated rings. The average Bonchev–Trinajstić information content (AvgIpc) is 2.69. The van der Waals surface area contributed by atoms with Crippen LogP contribution < -0.4 is 4.74 Å². The van der Waals surface area contributed by atoms with Crippen molar-refractivity contribution in [3.8, 4) is 5.75 Å². The molecule has 28 heavy (non-hydrogen) atoms. The van der Waals surface area contributed by atoms with E-state index in [1.807, 2.05) is 36.5 Å². The van der Waals surface area contributed by atoms with Gasteiger partial charge in [-0.25, -0.2) is 0 Å². The van der Waals surface area contributed by atoms with Gasteiger partial charge in [0, 0.05) is 18.3 Å². The monoisotopic (exact) mass is 384 g/mol. The SMILES string of the molecule is CCc1ccc(CCOc2ccc(CC(C)(C(=O)O)/C(C)=N/OC)cc2)nc1. The zero-order valence-corrected chi connectivity index (χ0v) is 16.9. The van der Waals surface area contributed by atoms with Gasteiger partial charge >= 0.3 is 5.97 Å². The highest BCUT2D eigenvalue weighted by atomic mass is 16.6. The topological polar surface area (TPSA) is 81.0 Å². The van der Waals surface area contributed by atoms with E-state index in [-0.39, 0.29) is 0 Å². The van der Waals surface area contributed by atoms with Gasteiger partial charge in [-0.15, -0.1) is 0 Å². The molecule has 1 heterocycles. The normalized spacial score (nSPS) is 13.6. The van der Waals surface area contributed by atoms with E-state index >= 15 is 0 Å². The Morgan fingerprint density at radius 2 is 1.86 bits per heavy atom. The standard InChI is InChI=1S/C22H28N2O4/c1-5-17-6-9-19(23-15-17)12-13-28-20-10-7-18(8-11-20)14-22(3,21(25)26)16(2)24-27-4/h6-11,15H,5,12-14H2,1-4H3,(H,25,26)/b24-16+. The number of carboxylic acids is 1. The van der Waals surface area contributed by atoms with Crippen molar-refractivity contribution in [3.05, 3.63) is 59.4 Å². The van der Waals surface area contributed by atoms with Gasteiger partial charge in [0.25, 0.3) is 0 Å². The highest BCUT2D eigenvalue weighted by Gasteiger charge is 2.37. The van der Waals surface area contributed by atoms with Crippen LogP contribution in [-0.4, -0.2) is 35.5 Å². The Labute approximate surface area is 166 Å². The minimum absolute atomic E-state index is 0.314. The van der Waals surface area contributed by atoms with Crippen molar-refractivity contribution >= 4 is 11.7 Å². The lowest BCUT2D eigenvalue weighted by Gasteiger charge is -2.24. The van der Waals surface area contributed by atoms with Crippen molar-refractivity contribution in [1.29, 1.82) is 0 Å². The number of aromatic nitrogens is 1. The summed E-state index contributed by atoms with van der Waals surface area (Å²) in [7, 11) is 1.41. The lowest BCUT2D eigenvalue weighted by Crippen LogP contribution is -2.37. The van der Waals surface area contributed by atoms with Gasteiger partial charge < -0.3 is 14.7 Å². The Hall–Kier alpha value is -2.89. The summed E-state index contributed by atoms with van der Waals surface area (Å²) >= 11 is 0. The maximum Gasteiger partial charge on any atom is 0.315 e. The van der Waals surface area contributed by atoms with Gasteiger partial charge in [-0.3, -0.25) is 9.78 Å². The highest BCUT2D eigenvalue weighted by Crippen LogP contribution is 2.26. The van der Waals surface area contributed by atoms with Crippen LogP contribution in [0.2, 0.25) is 0 Å². The maximum absolute atomic E-state index is 11.8. The first kappa shape index (κ1) is 21.4. The number of nitrogens with zero attached hydrogens (tertiary/aromatic N) is 2. The first-order valence-electron chi connectivity index (χ1n) is 9.36. The van der Waals surface area contributed by atoms with Gasteiger partial charge in [0.1, 0.15) is 18.3 Å². The van der Waals surface area contributed by atoms with E-state index in [0.29, 0.717) is 18.7 Å². The molecule has 0 aliphatic carbocycles. The number of benzene rings is 1. The van der Waals surface area contributed by atoms with Crippen LogP contribution in [0.1, 0.15) is 37.6 Å². The second-order valence-electron chi connectivity index (χ2n) is 6.93. The number of aryl methyl sites for hydroxylation is 1. The van der Waals surface area contributed by atoms with Crippen LogP contribution in [0, 0.1) is 5.41 Å². The van der Waals surface area contributed by atoms with Crippen LogP contribution >= 0.6 is 0 Å². The molecule has 1 aromatic carbocycles. The number of rotatable bonds is 10. The van der Waals surface area contributed by atoms with Crippen LogP contribution in [0.3, 0.4) is 0 Å². The van der Waals surface area contributed by atoms with Gasteiger partial charge in [-0.05, 0) is 56.0 Å². The van der Waals surface area contributed by atoms with E-state index in [0.717, 1.165) is 29.8 Å². The van der Waals surface area contributed by atoms with E-state index in [1.165, 1.54) is 12.7 Å². The molecular weight excluding hydrogens is 356 g/mol. The Balaban J connectivity index is 1.94. The molecule has 150 valence electrons. The van der Waals surface area contributed by atoms with Crippen molar-refractivity contribution in [2.75, 3.05) is 13.7 Å². The van der Waals surface area contributed by atoms with Gasteiger partial charge in [0.2, 0.25) is 0 Å². The number of oxime groups is 1. The summed E-state index contributed by atoms with van der Waals surface area (Å²) in [4.78, 5) is 20.9. The molecule has 6 nitrogen and oxygen atoms in total. The highest BCUT2D eigenvalue weighted by molar-refractivity contribution is 6.04. The molecule has 2 aromatic rings. The number of hydrogen-bond acceptors (Lipinski definition) is 5. The third-order valence-corrected chi connectivity index (χ3v) is 4.90. The molecule has 0 bridgehead atoms. The summed E-state index contributed by atoms with van der Waals surface area (Å²) < 4.78 is 5.79. The summed E-state index contributed by atoms with van der Waals surface area (Å²) in [5.41, 5.74) is 2.40. The Bertz CT molecular complexity index is 800. The molecule has 0 radical (unpaired) electrons. The predicted octanol–water partition coefficient (Wildman–Crippen LogP) is 3.92. The third-order valence-electron chi connectivity index (χ3n) is 4.90. The molecular formula is C22H28N2O4. The van der Waals surface area contributed by atoms with E-state index < -0.39 is 11.4 Å². The van der Waals surface area contributed by atoms with E-state index in [1.54, 1.807) is 13.8 Å². The summed E-state index contributed by atoms with van der Waals surface area (Å²) in [6.45, 7) is 5.95. The molecule has 1 atom stereocenters. The van der Waals surface area contributed by atoms with Crippen molar-refractivity contribution < 1.29 is 19.5 Å². The zero-order chi connectivity index (χ0) is 20.6. The fourth-order valence-electron chi connectivity index (χ4n) is 2.79. The molecule has 1 unspecified atom stereocenters. The van der Waals surface area contributed by atoms with Gasteiger partial charge in [0.05, 0.1) is 12.3 Å². The second-order valence-corrected chi connectivity index (χ2v) is 6.93.